The van der Waals surface area contributed by atoms with Crippen molar-refractivity contribution in [1.82, 2.24) is 21.2 Å². The zero-order valence-corrected chi connectivity index (χ0v) is 14.9. The number of aryl methyl sites for hydroxylation is 1. The number of nitrogens with zero attached hydrogens (tertiary/aromatic N) is 1. The van der Waals surface area contributed by atoms with E-state index in [2.05, 4.69) is 28.1 Å². The van der Waals surface area contributed by atoms with E-state index in [-0.39, 0.29) is 18.5 Å². The van der Waals surface area contributed by atoms with E-state index in [1.54, 1.807) is 12.3 Å². The summed E-state index contributed by atoms with van der Waals surface area (Å²) in [6.45, 7) is 3.28. The topological polar surface area (TPSA) is 137 Å². The first-order chi connectivity index (χ1) is 12.3. The largest absolute Gasteiger partial charge is 0.480 e. The minimum atomic E-state index is -1.23. The van der Waals surface area contributed by atoms with Gasteiger partial charge in [0.05, 0.1) is 0 Å². The molecular weight excluding hydrogens is 340 g/mol. The molecule has 1 rings (SSSR count). The number of carboxylic acids is 1. The van der Waals surface area contributed by atoms with Crippen LogP contribution in [0.2, 0.25) is 0 Å². The molecule has 1 aromatic rings. The molecule has 0 aliphatic carbocycles. The minimum Gasteiger partial charge on any atom is -0.480 e. The summed E-state index contributed by atoms with van der Waals surface area (Å²) in [7, 11) is 0. The van der Waals surface area contributed by atoms with Crippen LogP contribution in [0.4, 0.5) is 0 Å². The fourth-order valence-corrected chi connectivity index (χ4v) is 2.12. The molecule has 1 atom stereocenters. The van der Waals surface area contributed by atoms with Gasteiger partial charge in [-0.15, -0.1) is 0 Å². The second-order valence-electron chi connectivity index (χ2n) is 5.79. The molecule has 0 radical (unpaired) electrons. The van der Waals surface area contributed by atoms with E-state index < -0.39 is 29.7 Å². The zero-order chi connectivity index (χ0) is 19.5. The van der Waals surface area contributed by atoms with Crippen molar-refractivity contribution in [3.63, 3.8) is 0 Å². The van der Waals surface area contributed by atoms with Gasteiger partial charge >= 0.3 is 5.97 Å². The molecule has 0 saturated heterocycles. The summed E-state index contributed by atoms with van der Waals surface area (Å²) >= 11 is 0. The highest BCUT2D eigenvalue weighted by Gasteiger charge is 2.19. The molecule has 142 valence electrons. The second-order valence-corrected chi connectivity index (χ2v) is 5.79. The molecule has 9 nitrogen and oxygen atoms in total. The first-order valence-electron chi connectivity index (χ1n) is 8.37. The lowest BCUT2D eigenvalue weighted by molar-refractivity contribution is -0.141. The van der Waals surface area contributed by atoms with Crippen LogP contribution in [0.5, 0.6) is 0 Å². The van der Waals surface area contributed by atoms with Crippen molar-refractivity contribution in [2.45, 2.75) is 52.0 Å². The van der Waals surface area contributed by atoms with Gasteiger partial charge in [-0.3, -0.25) is 30.2 Å². The zero-order valence-electron chi connectivity index (χ0n) is 14.9. The van der Waals surface area contributed by atoms with Gasteiger partial charge in [-0.1, -0.05) is 19.4 Å². The van der Waals surface area contributed by atoms with E-state index in [0.29, 0.717) is 0 Å². The maximum atomic E-state index is 11.9. The molecule has 1 aromatic heterocycles. The number of aliphatic carboxylic acids is 1. The Bertz CT molecular complexity index is 645. The summed E-state index contributed by atoms with van der Waals surface area (Å²) in [6.07, 6.45) is 4.35. The predicted molar refractivity (Wildman–Crippen MR) is 92.9 cm³/mol. The number of aromatic nitrogens is 1. The van der Waals surface area contributed by atoms with E-state index in [9.17, 15) is 19.2 Å². The van der Waals surface area contributed by atoms with Gasteiger partial charge in [-0.25, -0.2) is 4.79 Å². The smallest absolute Gasteiger partial charge is 0.326 e. The van der Waals surface area contributed by atoms with E-state index in [0.717, 1.165) is 24.8 Å². The SMILES string of the molecule is CCCCc1ccc(C(=O)NNC(=O)CC[C@H](NC(C)=O)C(=O)O)nc1. The Hall–Kier alpha value is -2.97. The van der Waals surface area contributed by atoms with Crippen LogP contribution in [0, 0.1) is 0 Å². The molecule has 0 aromatic carbocycles. The molecular formula is C17H24N4O5. The van der Waals surface area contributed by atoms with Crippen molar-refractivity contribution in [2.24, 2.45) is 0 Å². The summed E-state index contributed by atoms with van der Waals surface area (Å²) < 4.78 is 0. The van der Waals surface area contributed by atoms with Crippen LogP contribution in [0.3, 0.4) is 0 Å². The van der Waals surface area contributed by atoms with E-state index >= 15 is 0 Å². The van der Waals surface area contributed by atoms with Crippen molar-refractivity contribution >= 4 is 23.7 Å². The average Bonchev–Trinajstić information content (AvgIpc) is 2.61. The lowest BCUT2D eigenvalue weighted by Gasteiger charge is -2.13. The summed E-state index contributed by atoms with van der Waals surface area (Å²) in [5.74, 6) is -2.88. The number of nitrogens with one attached hydrogen (secondary N) is 3. The Kier molecular flexibility index (Phi) is 8.76. The van der Waals surface area contributed by atoms with Crippen molar-refractivity contribution in [3.05, 3.63) is 29.6 Å². The summed E-state index contributed by atoms with van der Waals surface area (Å²) in [5.41, 5.74) is 5.60. The van der Waals surface area contributed by atoms with Crippen LogP contribution in [0.15, 0.2) is 18.3 Å². The Morgan fingerprint density at radius 3 is 2.46 bits per heavy atom. The number of amides is 3. The van der Waals surface area contributed by atoms with Crippen molar-refractivity contribution < 1.29 is 24.3 Å². The van der Waals surface area contributed by atoms with Crippen molar-refractivity contribution in [1.29, 1.82) is 0 Å². The van der Waals surface area contributed by atoms with Crippen LogP contribution in [-0.4, -0.2) is 39.8 Å². The molecule has 1 heterocycles. The maximum absolute atomic E-state index is 11.9. The predicted octanol–water partition coefficient (Wildman–Crippen LogP) is 0.555. The molecule has 0 aliphatic heterocycles. The average molecular weight is 364 g/mol. The highest BCUT2D eigenvalue weighted by atomic mass is 16.4. The number of hydrogen-bond acceptors (Lipinski definition) is 5. The monoisotopic (exact) mass is 364 g/mol. The number of rotatable bonds is 9. The molecule has 26 heavy (non-hydrogen) atoms. The first-order valence-corrected chi connectivity index (χ1v) is 8.37. The molecule has 3 amide bonds. The first kappa shape index (κ1) is 21.1. The molecule has 0 fully saturated rings. The molecule has 9 heteroatoms. The van der Waals surface area contributed by atoms with Crippen LogP contribution < -0.4 is 16.2 Å². The normalized spacial score (nSPS) is 11.3. The number of pyridine rings is 1. The Labute approximate surface area is 151 Å². The van der Waals surface area contributed by atoms with Crippen molar-refractivity contribution in [2.75, 3.05) is 0 Å². The number of carbonyl (C=O) groups is 4. The van der Waals surface area contributed by atoms with Gasteiger partial charge in [-0.05, 0) is 30.9 Å². The number of hydrogen-bond donors (Lipinski definition) is 4. The van der Waals surface area contributed by atoms with Gasteiger partial charge in [0.2, 0.25) is 11.8 Å². The molecule has 0 unspecified atom stereocenters. The van der Waals surface area contributed by atoms with Gasteiger partial charge in [0.15, 0.2) is 0 Å². The molecule has 0 aliphatic rings. The number of carboxylic acid groups (broad SMARTS) is 1. The van der Waals surface area contributed by atoms with Gasteiger partial charge in [0.25, 0.3) is 5.91 Å². The Morgan fingerprint density at radius 1 is 1.19 bits per heavy atom. The number of carbonyl (C=O) groups excluding carboxylic acids is 3. The minimum absolute atomic E-state index is 0.0962. The van der Waals surface area contributed by atoms with Crippen LogP contribution in [0.1, 0.15) is 55.6 Å². The number of unbranched alkanes of at least 4 members (excludes halogenated alkanes) is 1. The summed E-state index contributed by atoms with van der Waals surface area (Å²) in [4.78, 5) is 49.6. The van der Waals surface area contributed by atoms with Crippen LogP contribution in [-0.2, 0) is 20.8 Å². The van der Waals surface area contributed by atoms with Gasteiger partial charge < -0.3 is 10.4 Å². The lowest BCUT2D eigenvalue weighted by atomic mass is 10.1. The highest BCUT2D eigenvalue weighted by molar-refractivity contribution is 5.93. The van der Waals surface area contributed by atoms with Crippen LogP contribution in [0.25, 0.3) is 0 Å². The maximum Gasteiger partial charge on any atom is 0.326 e. The summed E-state index contributed by atoms with van der Waals surface area (Å²) in [6, 6.07) is 2.22. The third-order valence-corrected chi connectivity index (χ3v) is 3.53. The second kappa shape index (κ2) is 10.8. The van der Waals surface area contributed by atoms with Crippen molar-refractivity contribution in [3.8, 4) is 0 Å². The van der Waals surface area contributed by atoms with E-state index in [4.69, 9.17) is 5.11 Å². The number of hydrazine groups is 1. The van der Waals surface area contributed by atoms with Crippen LogP contribution >= 0.6 is 0 Å². The highest BCUT2D eigenvalue weighted by Crippen LogP contribution is 2.05. The molecule has 0 bridgehead atoms. The molecule has 0 saturated carbocycles. The van der Waals surface area contributed by atoms with E-state index in [1.807, 2.05) is 6.07 Å². The lowest BCUT2D eigenvalue weighted by Crippen LogP contribution is -2.44. The molecule has 4 N–H and O–H groups in total. The molecule has 0 spiro atoms. The Morgan fingerprint density at radius 2 is 1.92 bits per heavy atom. The van der Waals surface area contributed by atoms with Gasteiger partial charge in [0, 0.05) is 19.5 Å². The summed E-state index contributed by atoms with van der Waals surface area (Å²) in [5, 5.41) is 11.2. The van der Waals surface area contributed by atoms with Gasteiger partial charge in [0.1, 0.15) is 11.7 Å². The van der Waals surface area contributed by atoms with Gasteiger partial charge in [-0.2, -0.15) is 0 Å². The fourth-order valence-electron chi connectivity index (χ4n) is 2.12. The van der Waals surface area contributed by atoms with E-state index in [1.165, 1.54) is 6.92 Å². The third-order valence-electron chi connectivity index (χ3n) is 3.53. The fraction of sp³-hybridized carbons (Fsp3) is 0.471. The Balaban J connectivity index is 2.42. The standard InChI is InChI=1S/C17H24N4O5/c1-3-4-5-12-6-7-13(18-10-12)16(24)21-20-15(23)9-8-14(17(25)26)19-11(2)22/h6-7,10,14H,3-5,8-9H2,1-2H3,(H,19,22)(H,20,23)(H,21,24)(H,25,26)/t14-/m0/s1. The quantitative estimate of drug-likeness (QED) is 0.472. The third kappa shape index (κ3) is 7.73.